The summed E-state index contributed by atoms with van der Waals surface area (Å²) in [5, 5.41) is 0. The number of anilines is 2. The lowest BCUT2D eigenvalue weighted by Crippen LogP contribution is -2.39. The quantitative estimate of drug-likeness (QED) is 0.741. The van der Waals surface area contributed by atoms with Crippen molar-refractivity contribution in [2.45, 2.75) is 59.4 Å². The predicted octanol–water partition coefficient (Wildman–Crippen LogP) is 4.53. The van der Waals surface area contributed by atoms with E-state index in [-0.39, 0.29) is 17.9 Å². The summed E-state index contributed by atoms with van der Waals surface area (Å²) in [5.74, 6) is 0.0639. The molecule has 2 aromatic carbocycles. The van der Waals surface area contributed by atoms with Crippen LogP contribution in [0.15, 0.2) is 42.5 Å². The molecule has 4 heteroatoms. The van der Waals surface area contributed by atoms with E-state index in [4.69, 9.17) is 0 Å². The van der Waals surface area contributed by atoms with Crippen LogP contribution in [0.3, 0.4) is 0 Å². The Labute approximate surface area is 168 Å². The van der Waals surface area contributed by atoms with Crippen LogP contribution in [-0.4, -0.2) is 24.4 Å². The molecule has 1 unspecified atom stereocenters. The van der Waals surface area contributed by atoms with Crippen LogP contribution in [-0.2, 0) is 28.9 Å². The highest BCUT2D eigenvalue weighted by atomic mass is 16.2. The van der Waals surface area contributed by atoms with Crippen LogP contribution < -0.4 is 9.80 Å². The Morgan fingerprint density at radius 3 is 2.29 bits per heavy atom. The van der Waals surface area contributed by atoms with E-state index in [0.717, 1.165) is 41.8 Å². The van der Waals surface area contributed by atoms with Crippen molar-refractivity contribution >= 4 is 23.2 Å². The number of para-hydroxylation sites is 2. The molecule has 2 amide bonds. The van der Waals surface area contributed by atoms with Crippen LogP contribution >= 0.6 is 0 Å². The molecule has 2 aromatic rings. The van der Waals surface area contributed by atoms with Crippen LogP contribution in [0.4, 0.5) is 11.4 Å². The second kappa shape index (κ2) is 8.59. The third-order valence-corrected chi connectivity index (χ3v) is 5.64. The second-order valence-corrected chi connectivity index (χ2v) is 7.50. The van der Waals surface area contributed by atoms with Gasteiger partial charge < -0.3 is 9.80 Å². The zero-order valence-electron chi connectivity index (χ0n) is 17.4. The van der Waals surface area contributed by atoms with Gasteiger partial charge in [-0.3, -0.25) is 9.59 Å². The van der Waals surface area contributed by atoms with E-state index in [9.17, 15) is 9.59 Å². The summed E-state index contributed by atoms with van der Waals surface area (Å²) in [6, 6.07) is 14.5. The average Bonchev–Trinajstić information content (AvgIpc) is 3.03. The van der Waals surface area contributed by atoms with Gasteiger partial charge in [0, 0.05) is 37.3 Å². The Morgan fingerprint density at radius 1 is 1.04 bits per heavy atom. The number of aryl methyl sites for hydroxylation is 2. The first-order valence-electron chi connectivity index (χ1n) is 10.3. The molecule has 0 bridgehead atoms. The molecule has 4 nitrogen and oxygen atoms in total. The summed E-state index contributed by atoms with van der Waals surface area (Å²) in [7, 11) is 0. The SMILES string of the molecule is CCc1cccc(CC)c1N(CCC(=O)N1c2ccccc2CC1C)C(C)=O. The van der Waals surface area contributed by atoms with Crippen molar-refractivity contribution in [2.24, 2.45) is 0 Å². The number of carbonyl (C=O) groups excluding carboxylic acids is 2. The lowest BCUT2D eigenvalue weighted by Gasteiger charge is -2.28. The first kappa shape index (κ1) is 20.1. The second-order valence-electron chi connectivity index (χ2n) is 7.50. The van der Waals surface area contributed by atoms with E-state index >= 15 is 0 Å². The maximum Gasteiger partial charge on any atom is 0.229 e. The van der Waals surface area contributed by atoms with Gasteiger partial charge in [-0.2, -0.15) is 0 Å². The monoisotopic (exact) mass is 378 g/mol. The molecule has 1 aliphatic heterocycles. The van der Waals surface area contributed by atoms with Gasteiger partial charge in [0.1, 0.15) is 0 Å². The summed E-state index contributed by atoms with van der Waals surface area (Å²) in [5.41, 5.74) is 5.53. The number of nitrogens with zero attached hydrogens (tertiary/aromatic N) is 2. The van der Waals surface area contributed by atoms with Crippen LogP contribution in [0, 0.1) is 0 Å². The third kappa shape index (κ3) is 3.82. The third-order valence-electron chi connectivity index (χ3n) is 5.64. The lowest BCUT2D eigenvalue weighted by molar-refractivity contribution is -0.119. The molecular formula is C24H30N2O2. The molecule has 1 heterocycles. The molecule has 0 N–H and O–H groups in total. The molecule has 0 aromatic heterocycles. The van der Waals surface area contributed by atoms with Crippen molar-refractivity contribution in [3.05, 3.63) is 59.2 Å². The first-order chi connectivity index (χ1) is 13.5. The maximum absolute atomic E-state index is 13.1. The fourth-order valence-corrected chi connectivity index (χ4v) is 4.26. The highest BCUT2D eigenvalue weighted by molar-refractivity contribution is 5.98. The number of rotatable bonds is 6. The molecule has 0 fully saturated rings. The number of benzene rings is 2. The van der Waals surface area contributed by atoms with E-state index in [1.165, 1.54) is 5.56 Å². The first-order valence-corrected chi connectivity index (χ1v) is 10.3. The molecule has 0 saturated heterocycles. The molecule has 0 radical (unpaired) electrons. The number of amides is 2. The normalized spacial score (nSPS) is 15.4. The van der Waals surface area contributed by atoms with Gasteiger partial charge in [0.25, 0.3) is 0 Å². The van der Waals surface area contributed by atoms with E-state index < -0.39 is 0 Å². The van der Waals surface area contributed by atoms with Crippen molar-refractivity contribution in [1.82, 2.24) is 0 Å². The number of hydrogen-bond acceptors (Lipinski definition) is 2. The minimum atomic E-state index is -0.0155. The van der Waals surface area contributed by atoms with Gasteiger partial charge in [-0.1, -0.05) is 50.2 Å². The van der Waals surface area contributed by atoms with Crippen LogP contribution in [0.2, 0.25) is 0 Å². The summed E-state index contributed by atoms with van der Waals surface area (Å²) >= 11 is 0. The van der Waals surface area contributed by atoms with E-state index in [1.54, 1.807) is 11.8 Å². The Balaban J connectivity index is 1.82. The highest BCUT2D eigenvalue weighted by Gasteiger charge is 2.31. The van der Waals surface area contributed by atoms with Crippen molar-refractivity contribution in [1.29, 1.82) is 0 Å². The van der Waals surface area contributed by atoms with Gasteiger partial charge in [-0.25, -0.2) is 0 Å². The fourth-order valence-electron chi connectivity index (χ4n) is 4.26. The van der Waals surface area contributed by atoms with Crippen molar-refractivity contribution < 1.29 is 9.59 Å². The minimum absolute atomic E-state index is 0.0155. The van der Waals surface area contributed by atoms with Crippen LogP contribution in [0.1, 0.15) is 50.8 Å². The van der Waals surface area contributed by atoms with Crippen LogP contribution in [0.5, 0.6) is 0 Å². The smallest absolute Gasteiger partial charge is 0.229 e. The summed E-state index contributed by atoms with van der Waals surface area (Å²) in [4.78, 5) is 29.2. The van der Waals surface area contributed by atoms with Gasteiger partial charge in [-0.05, 0) is 48.9 Å². The molecule has 0 saturated carbocycles. The molecule has 3 rings (SSSR count). The summed E-state index contributed by atoms with van der Waals surface area (Å²) in [6.07, 6.45) is 2.92. The molecule has 1 atom stereocenters. The van der Waals surface area contributed by atoms with E-state index in [1.807, 2.05) is 29.2 Å². The fraction of sp³-hybridized carbons (Fsp3) is 0.417. The van der Waals surface area contributed by atoms with E-state index in [0.29, 0.717) is 13.0 Å². The largest absolute Gasteiger partial charge is 0.312 e. The predicted molar refractivity (Wildman–Crippen MR) is 115 cm³/mol. The molecular weight excluding hydrogens is 348 g/mol. The van der Waals surface area contributed by atoms with Gasteiger partial charge >= 0.3 is 0 Å². The Kier molecular flexibility index (Phi) is 6.18. The highest BCUT2D eigenvalue weighted by Crippen LogP contribution is 2.33. The Morgan fingerprint density at radius 2 is 1.68 bits per heavy atom. The number of fused-ring (bicyclic) bond motifs is 1. The van der Waals surface area contributed by atoms with Gasteiger partial charge in [0.15, 0.2) is 0 Å². The topological polar surface area (TPSA) is 40.6 Å². The van der Waals surface area contributed by atoms with Gasteiger partial charge in [0.2, 0.25) is 11.8 Å². The maximum atomic E-state index is 13.1. The molecule has 1 aliphatic rings. The Hall–Kier alpha value is -2.62. The van der Waals surface area contributed by atoms with Gasteiger partial charge in [0.05, 0.1) is 0 Å². The lowest BCUT2D eigenvalue weighted by atomic mass is 10.0. The Bertz CT molecular complexity index is 852. The molecule has 0 spiro atoms. The standard InChI is InChI=1S/C24H30N2O2/c1-5-19-11-9-12-20(6-2)24(19)25(18(4)27)15-14-23(28)26-17(3)16-21-10-7-8-13-22(21)26/h7-13,17H,5-6,14-16H2,1-4H3. The summed E-state index contributed by atoms with van der Waals surface area (Å²) < 4.78 is 0. The van der Waals surface area contributed by atoms with Crippen molar-refractivity contribution in [3.8, 4) is 0 Å². The number of carbonyl (C=O) groups is 2. The van der Waals surface area contributed by atoms with Crippen LogP contribution in [0.25, 0.3) is 0 Å². The minimum Gasteiger partial charge on any atom is -0.312 e. The average molecular weight is 379 g/mol. The van der Waals surface area contributed by atoms with Crippen molar-refractivity contribution in [2.75, 3.05) is 16.3 Å². The van der Waals surface area contributed by atoms with Crippen molar-refractivity contribution in [3.63, 3.8) is 0 Å². The zero-order chi connectivity index (χ0) is 20.3. The zero-order valence-corrected chi connectivity index (χ0v) is 17.4. The molecule has 0 aliphatic carbocycles. The number of hydrogen-bond donors (Lipinski definition) is 0. The van der Waals surface area contributed by atoms with E-state index in [2.05, 4.69) is 39.0 Å². The summed E-state index contributed by atoms with van der Waals surface area (Å²) in [6.45, 7) is 8.28. The molecule has 148 valence electrons. The van der Waals surface area contributed by atoms with Gasteiger partial charge in [-0.15, -0.1) is 0 Å². The molecule has 28 heavy (non-hydrogen) atoms.